The molecular formula is C17H21N5O4S. The molecule has 1 aromatic carbocycles. The first-order valence-corrected chi connectivity index (χ1v) is 10.3. The van der Waals surface area contributed by atoms with Crippen LogP contribution in [0.5, 0.6) is 0 Å². The zero-order chi connectivity index (χ0) is 19.0. The average Bonchev–Trinajstić information content (AvgIpc) is 3.07. The first kappa shape index (κ1) is 18.1. The second-order valence-electron chi connectivity index (χ2n) is 6.57. The molecule has 1 amide bonds. The van der Waals surface area contributed by atoms with Crippen LogP contribution in [-0.2, 0) is 27.8 Å². The molecule has 9 nitrogen and oxygen atoms in total. The van der Waals surface area contributed by atoms with Gasteiger partial charge in [-0.25, -0.2) is 18.1 Å². The van der Waals surface area contributed by atoms with E-state index in [4.69, 9.17) is 4.74 Å². The highest BCUT2D eigenvalue weighted by Crippen LogP contribution is 2.19. The number of aromatic nitrogens is 3. The molecular weight excluding hydrogens is 370 g/mol. The van der Waals surface area contributed by atoms with E-state index in [9.17, 15) is 13.2 Å². The Morgan fingerprint density at radius 1 is 1.07 bits per heavy atom. The number of nitrogens with zero attached hydrogens (tertiary/aromatic N) is 5. The summed E-state index contributed by atoms with van der Waals surface area (Å²) in [7, 11) is -3.56. The summed E-state index contributed by atoms with van der Waals surface area (Å²) < 4.78 is 33.8. The van der Waals surface area contributed by atoms with Crippen molar-refractivity contribution in [2.24, 2.45) is 0 Å². The number of rotatable bonds is 3. The van der Waals surface area contributed by atoms with Crippen molar-refractivity contribution in [3.8, 4) is 0 Å². The first-order chi connectivity index (χ1) is 12.9. The molecule has 4 rings (SSSR count). The van der Waals surface area contributed by atoms with Gasteiger partial charge < -0.3 is 9.64 Å². The SMILES string of the molecule is Cc1nc2n(n1)CCN(C(=O)c1ccc(S(=O)(=O)N3CCOCC3)cc1)C2. The van der Waals surface area contributed by atoms with Gasteiger partial charge in [0.2, 0.25) is 10.0 Å². The highest BCUT2D eigenvalue weighted by Gasteiger charge is 2.27. The predicted octanol–water partition coefficient (Wildman–Crippen LogP) is 0.263. The van der Waals surface area contributed by atoms with Crippen molar-refractivity contribution in [2.75, 3.05) is 32.8 Å². The van der Waals surface area contributed by atoms with Gasteiger partial charge in [0.1, 0.15) is 11.6 Å². The highest BCUT2D eigenvalue weighted by atomic mass is 32.2. The van der Waals surface area contributed by atoms with Crippen molar-refractivity contribution in [3.63, 3.8) is 0 Å². The van der Waals surface area contributed by atoms with Gasteiger partial charge in [-0.15, -0.1) is 0 Å². The van der Waals surface area contributed by atoms with E-state index in [2.05, 4.69) is 10.1 Å². The first-order valence-electron chi connectivity index (χ1n) is 8.83. The van der Waals surface area contributed by atoms with Gasteiger partial charge in [-0.2, -0.15) is 9.40 Å². The standard InChI is InChI=1S/C17H21N5O4S/c1-13-18-16-12-20(6-7-22(16)19-13)17(23)14-2-4-15(5-3-14)27(24,25)21-8-10-26-11-9-21/h2-5H,6-12H2,1H3. The minimum absolute atomic E-state index is 0.141. The maximum Gasteiger partial charge on any atom is 0.254 e. The molecule has 2 aliphatic heterocycles. The molecule has 10 heteroatoms. The topological polar surface area (TPSA) is 97.6 Å². The number of benzene rings is 1. The number of carbonyl (C=O) groups is 1. The molecule has 1 saturated heterocycles. The molecule has 0 N–H and O–H groups in total. The third kappa shape index (κ3) is 3.47. The summed E-state index contributed by atoms with van der Waals surface area (Å²) in [6.45, 7) is 4.85. The van der Waals surface area contributed by atoms with Gasteiger partial charge in [0.25, 0.3) is 5.91 Å². The van der Waals surface area contributed by atoms with Crippen molar-refractivity contribution >= 4 is 15.9 Å². The Morgan fingerprint density at radius 2 is 1.78 bits per heavy atom. The fraction of sp³-hybridized carbons (Fsp3) is 0.471. The molecule has 1 fully saturated rings. The fourth-order valence-electron chi connectivity index (χ4n) is 3.32. The molecule has 2 aromatic rings. The molecule has 27 heavy (non-hydrogen) atoms. The normalized spacial score (nSPS) is 18.3. The Labute approximate surface area is 157 Å². The summed E-state index contributed by atoms with van der Waals surface area (Å²) >= 11 is 0. The van der Waals surface area contributed by atoms with Crippen molar-refractivity contribution in [1.82, 2.24) is 24.0 Å². The van der Waals surface area contributed by atoms with E-state index in [0.717, 1.165) is 5.82 Å². The van der Waals surface area contributed by atoms with Gasteiger partial charge in [0.05, 0.1) is 31.2 Å². The Hall–Kier alpha value is -2.30. The van der Waals surface area contributed by atoms with Crippen LogP contribution in [0.2, 0.25) is 0 Å². The fourth-order valence-corrected chi connectivity index (χ4v) is 4.73. The number of hydrogen-bond acceptors (Lipinski definition) is 6. The minimum atomic E-state index is -3.56. The number of morpholine rings is 1. The molecule has 0 saturated carbocycles. The molecule has 3 heterocycles. The third-order valence-electron chi connectivity index (χ3n) is 4.76. The molecule has 0 aliphatic carbocycles. The smallest absolute Gasteiger partial charge is 0.254 e. The molecule has 0 unspecified atom stereocenters. The highest BCUT2D eigenvalue weighted by molar-refractivity contribution is 7.89. The van der Waals surface area contributed by atoms with Gasteiger partial charge in [0, 0.05) is 25.2 Å². The molecule has 144 valence electrons. The Balaban J connectivity index is 1.49. The number of fused-ring (bicyclic) bond motifs is 1. The van der Waals surface area contributed by atoms with Crippen LogP contribution in [-0.4, -0.2) is 71.1 Å². The van der Waals surface area contributed by atoms with Gasteiger partial charge in [0.15, 0.2) is 0 Å². The van der Waals surface area contributed by atoms with Crippen molar-refractivity contribution < 1.29 is 17.9 Å². The van der Waals surface area contributed by atoms with Crippen LogP contribution in [0.25, 0.3) is 0 Å². The zero-order valence-corrected chi connectivity index (χ0v) is 15.9. The summed E-state index contributed by atoms with van der Waals surface area (Å²) in [5.41, 5.74) is 0.459. The molecule has 0 spiro atoms. The summed E-state index contributed by atoms with van der Waals surface area (Å²) in [6.07, 6.45) is 0. The van der Waals surface area contributed by atoms with Gasteiger partial charge >= 0.3 is 0 Å². The number of hydrogen-bond donors (Lipinski definition) is 0. The summed E-state index contributed by atoms with van der Waals surface area (Å²) in [6, 6.07) is 6.13. The second kappa shape index (κ2) is 7.02. The Morgan fingerprint density at radius 3 is 2.48 bits per heavy atom. The number of amides is 1. The van der Waals surface area contributed by atoms with E-state index < -0.39 is 10.0 Å². The minimum Gasteiger partial charge on any atom is -0.379 e. The lowest BCUT2D eigenvalue weighted by Gasteiger charge is -2.27. The van der Waals surface area contributed by atoms with Gasteiger partial charge in [-0.3, -0.25) is 4.79 Å². The van der Waals surface area contributed by atoms with Crippen LogP contribution in [0, 0.1) is 6.92 Å². The van der Waals surface area contributed by atoms with Crippen molar-refractivity contribution in [3.05, 3.63) is 41.5 Å². The second-order valence-corrected chi connectivity index (χ2v) is 8.50. The summed E-state index contributed by atoms with van der Waals surface area (Å²) in [5.74, 6) is 1.31. The van der Waals surface area contributed by atoms with Crippen LogP contribution >= 0.6 is 0 Å². The van der Waals surface area contributed by atoms with Crippen LogP contribution in [0.15, 0.2) is 29.2 Å². The van der Waals surface area contributed by atoms with Crippen molar-refractivity contribution in [1.29, 1.82) is 0 Å². The maximum absolute atomic E-state index is 12.8. The zero-order valence-electron chi connectivity index (χ0n) is 15.0. The molecule has 0 radical (unpaired) electrons. The number of ether oxygens (including phenoxy) is 1. The summed E-state index contributed by atoms with van der Waals surface area (Å²) in [4.78, 5) is 19.0. The molecule has 0 bridgehead atoms. The quantitative estimate of drug-likeness (QED) is 0.745. The number of sulfonamides is 1. The molecule has 1 aromatic heterocycles. The van der Waals surface area contributed by atoms with Crippen LogP contribution in [0.1, 0.15) is 22.0 Å². The van der Waals surface area contributed by atoms with E-state index in [1.807, 2.05) is 11.6 Å². The van der Waals surface area contributed by atoms with Gasteiger partial charge in [-0.1, -0.05) is 0 Å². The van der Waals surface area contributed by atoms with Crippen LogP contribution < -0.4 is 0 Å². The van der Waals surface area contributed by atoms with E-state index in [-0.39, 0.29) is 10.8 Å². The Bertz CT molecular complexity index is 948. The van der Waals surface area contributed by atoms with E-state index in [1.165, 1.54) is 16.4 Å². The largest absolute Gasteiger partial charge is 0.379 e. The van der Waals surface area contributed by atoms with E-state index >= 15 is 0 Å². The predicted molar refractivity (Wildman–Crippen MR) is 95.5 cm³/mol. The molecule has 0 atom stereocenters. The molecule has 2 aliphatic rings. The van der Waals surface area contributed by atoms with Gasteiger partial charge in [-0.05, 0) is 31.2 Å². The van der Waals surface area contributed by atoms with Crippen molar-refractivity contribution in [2.45, 2.75) is 24.9 Å². The lowest BCUT2D eigenvalue weighted by Crippen LogP contribution is -2.40. The third-order valence-corrected chi connectivity index (χ3v) is 6.68. The van der Waals surface area contributed by atoms with E-state index in [1.54, 1.807) is 17.0 Å². The monoisotopic (exact) mass is 391 g/mol. The lowest BCUT2D eigenvalue weighted by atomic mass is 10.2. The number of carbonyl (C=O) groups excluding carboxylic acids is 1. The Kier molecular flexibility index (Phi) is 4.70. The van der Waals surface area contributed by atoms with E-state index in [0.29, 0.717) is 57.3 Å². The van der Waals surface area contributed by atoms with Crippen LogP contribution in [0.4, 0.5) is 0 Å². The van der Waals surface area contributed by atoms with Crippen LogP contribution in [0.3, 0.4) is 0 Å². The number of aryl methyl sites for hydroxylation is 1. The lowest BCUT2D eigenvalue weighted by molar-refractivity contribution is 0.0702. The maximum atomic E-state index is 12.8. The summed E-state index contributed by atoms with van der Waals surface area (Å²) in [5, 5.41) is 4.29. The average molecular weight is 391 g/mol.